The number of amides is 1. The van der Waals surface area contributed by atoms with Crippen molar-refractivity contribution in [2.75, 3.05) is 14.1 Å². The molecule has 1 aromatic carbocycles. The minimum absolute atomic E-state index is 0.0716. The van der Waals surface area contributed by atoms with Crippen LogP contribution in [0.3, 0.4) is 0 Å². The Bertz CT molecular complexity index is 717. The molecule has 0 aliphatic rings. The molecule has 0 saturated heterocycles. The van der Waals surface area contributed by atoms with Crippen LogP contribution in [-0.4, -0.2) is 35.0 Å². The number of rotatable bonds is 4. The van der Waals surface area contributed by atoms with E-state index in [-0.39, 0.29) is 6.54 Å². The number of alkyl halides is 3. The Hall–Kier alpha value is -2.12. The summed E-state index contributed by atoms with van der Waals surface area (Å²) in [6, 6.07) is 7.93. The van der Waals surface area contributed by atoms with Crippen LogP contribution in [0.2, 0.25) is 5.15 Å². The molecule has 1 amide bonds. The minimum Gasteiger partial charge on any atom is -0.268 e. The predicted octanol–water partition coefficient (Wildman–Crippen LogP) is 3.87. The van der Waals surface area contributed by atoms with Gasteiger partial charge in [-0.25, -0.2) is 9.99 Å². The fourth-order valence-electron chi connectivity index (χ4n) is 2.12. The molecular weight excluding hydrogens is 343 g/mol. The van der Waals surface area contributed by atoms with Crippen molar-refractivity contribution >= 4 is 17.5 Å². The standard InChI is InChI=1S/C16H15ClF3N3O/c1-22(2)23(10-11-7-8-14(17)21-9-11)15(24)12-5-3-4-6-13(12)16(18,19)20/h3-9H,10H2,1-2H3. The van der Waals surface area contributed by atoms with Gasteiger partial charge >= 0.3 is 6.18 Å². The highest BCUT2D eigenvalue weighted by molar-refractivity contribution is 6.29. The topological polar surface area (TPSA) is 36.4 Å². The molecule has 0 aliphatic carbocycles. The summed E-state index contributed by atoms with van der Waals surface area (Å²) in [6.07, 6.45) is -3.13. The number of hydrogen-bond acceptors (Lipinski definition) is 3. The molecule has 128 valence electrons. The van der Waals surface area contributed by atoms with Crippen molar-refractivity contribution < 1.29 is 18.0 Å². The molecule has 1 heterocycles. The van der Waals surface area contributed by atoms with Gasteiger partial charge in [0.1, 0.15) is 5.15 Å². The number of hydrazine groups is 1. The number of nitrogens with zero attached hydrogens (tertiary/aromatic N) is 3. The van der Waals surface area contributed by atoms with E-state index >= 15 is 0 Å². The zero-order chi connectivity index (χ0) is 17.9. The average Bonchev–Trinajstić information content (AvgIpc) is 2.52. The highest BCUT2D eigenvalue weighted by atomic mass is 35.5. The smallest absolute Gasteiger partial charge is 0.268 e. The Morgan fingerprint density at radius 2 is 1.83 bits per heavy atom. The zero-order valence-corrected chi connectivity index (χ0v) is 13.8. The van der Waals surface area contributed by atoms with Crippen molar-refractivity contribution in [1.29, 1.82) is 0 Å². The molecule has 0 unspecified atom stereocenters. The fraction of sp³-hybridized carbons (Fsp3) is 0.250. The lowest BCUT2D eigenvalue weighted by Crippen LogP contribution is -2.42. The minimum atomic E-state index is -4.61. The highest BCUT2D eigenvalue weighted by Crippen LogP contribution is 2.32. The Morgan fingerprint density at radius 1 is 1.17 bits per heavy atom. The summed E-state index contributed by atoms with van der Waals surface area (Å²) < 4.78 is 39.4. The van der Waals surface area contributed by atoms with E-state index in [1.54, 1.807) is 26.2 Å². The van der Waals surface area contributed by atoms with Gasteiger partial charge in [-0.05, 0) is 23.8 Å². The lowest BCUT2D eigenvalue weighted by molar-refractivity contribution is -0.138. The molecule has 0 radical (unpaired) electrons. The Kier molecular flexibility index (Phi) is 5.46. The van der Waals surface area contributed by atoms with Crippen molar-refractivity contribution in [2.24, 2.45) is 0 Å². The molecule has 1 aromatic heterocycles. The van der Waals surface area contributed by atoms with E-state index in [9.17, 15) is 18.0 Å². The summed E-state index contributed by atoms with van der Waals surface area (Å²) in [5.74, 6) is -0.747. The second-order valence-corrected chi connectivity index (χ2v) is 5.63. The van der Waals surface area contributed by atoms with Gasteiger partial charge in [0.2, 0.25) is 0 Å². The SMILES string of the molecule is CN(C)N(Cc1ccc(Cl)nc1)C(=O)c1ccccc1C(F)(F)F. The molecule has 2 aromatic rings. The maximum absolute atomic E-state index is 13.1. The van der Waals surface area contributed by atoms with Crippen molar-refractivity contribution in [2.45, 2.75) is 12.7 Å². The number of hydrogen-bond donors (Lipinski definition) is 0. The van der Waals surface area contributed by atoms with Crippen LogP contribution in [0.15, 0.2) is 42.6 Å². The van der Waals surface area contributed by atoms with Crippen LogP contribution in [0.5, 0.6) is 0 Å². The van der Waals surface area contributed by atoms with E-state index in [2.05, 4.69) is 4.98 Å². The second kappa shape index (κ2) is 7.19. The molecule has 0 spiro atoms. The summed E-state index contributed by atoms with van der Waals surface area (Å²) in [5.41, 5.74) is -0.720. The quantitative estimate of drug-likeness (QED) is 0.615. The lowest BCUT2D eigenvalue weighted by Gasteiger charge is -2.30. The van der Waals surface area contributed by atoms with Crippen LogP contribution in [0.4, 0.5) is 13.2 Å². The van der Waals surface area contributed by atoms with Crippen LogP contribution >= 0.6 is 11.6 Å². The predicted molar refractivity (Wildman–Crippen MR) is 84.3 cm³/mol. The van der Waals surface area contributed by atoms with Gasteiger partial charge in [-0.2, -0.15) is 13.2 Å². The van der Waals surface area contributed by atoms with Crippen molar-refractivity contribution in [3.8, 4) is 0 Å². The van der Waals surface area contributed by atoms with Crippen LogP contribution in [-0.2, 0) is 12.7 Å². The molecular formula is C16H15ClF3N3O. The summed E-state index contributed by atoms with van der Waals surface area (Å²) in [6.45, 7) is 0.0716. The largest absolute Gasteiger partial charge is 0.417 e. The number of aromatic nitrogens is 1. The maximum atomic E-state index is 13.1. The monoisotopic (exact) mass is 357 g/mol. The third-order valence-electron chi connectivity index (χ3n) is 3.30. The number of halogens is 4. The van der Waals surface area contributed by atoms with Gasteiger partial charge in [-0.15, -0.1) is 0 Å². The van der Waals surface area contributed by atoms with E-state index < -0.39 is 23.2 Å². The highest BCUT2D eigenvalue weighted by Gasteiger charge is 2.36. The Morgan fingerprint density at radius 3 is 2.38 bits per heavy atom. The van der Waals surface area contributed by atoms with E-state index in [4.69, 9.17) is 11.6 Å². The molecule has 8 heteroatoms. The summed E-state index contributed by atoms with van der Waals surface area (Å²) in [4.78, 5) is 16.6. The van der Waals surface area contributed by atoms with Crippen LogP contribution in [0.25, 0.3) is 0 Å². The van der Waals surface area contributed by atoms with Crippen LogP contribution in [0, 0.1) is 0 Å². The maximum Gasteiger partial charge on any atom is 0.417 e. The first-order valence-corrected chi connectivity index (χ1v) is 7.33. The summed E-state index contributed by atoms with van der Waals surface area (Å²) in [5, 5.41) is 2.93. The molecule has 4 nitrogen and oxygen atoms in total. The van der Waals surface area contributed by atoms with Gasteiger partial charge in [0, 0.05) is 20.3 Å². The van der Waals surface area contributed by atoms with Gasteiger partial charge < -0.3 is 0 Å². The molecule has 0 aliphatic heterocycles. The van der Waals surface area contributed by atoms with Gasteiger partial charge in [0.15, 0.2) is 0 Å². The molecule has 2 rings (SSSR count). The number of carbonyl (C=O) groups is 1. The first-order valence-electron chi connectivity index (χ1n) is 6.96. The first-order chi connectivity index (χ1) is 11.2. The molecule has 0 saturated carbocycles. The Balaban J connectivity index is 2.35. The van der Waals surface area contributed by atoms with Crippen molar-refractivity contribution in [3.63, 3.8) is 0 Å². The van der Waals surface area contributed by atoms with E-state index in [0.29, 0.717) is 10.7 Å². The van der Waals surface area contributed by atoms with E-state index in [0.717, 1.165) is 6.07 Å². The second-order valence-electron chi connectivity index (χ2n) is 5.24. The fourth-order valence-corrected chi connectivity index (χ4v) is 2.24. The number of carbonyl (C=O) groups excluding carboxylic acids is 1. The van der Waals surface area contributed by atoms with E-state index in [1.165, 1.54) is 34.4 Å². The van der Waals surface area contributed by atoms with Gasteiger partial charge in [-0.1, -0.05) is 29.8 Å². The van der Waals surface area contributed by atoms with Gasteiger partial charge in [0.05, 0.1) is 17.7 Å². The molecule has 24 heavy (non-hydrogen) atoms. The summed E-state index contributed by atoms with van der Waals surface area (Å²) in [7, 11) is 3.16. The van der Waals surface area contributed by atoms with Gasteiger partial charge in [-0.3, -0.25) is 9.80 Å². The van der Waals surface area contributed by atoms with Crippen LogP contribution in [0.1, 0.15) is 21.5 Å². The zero-order valence-electron chi connectivity index (χ0n) is 13.0. The lowest BCUT2D eigenvalue weighted by atomic mass is 10.1. The van der Waals surface area contributed by atoms with Crippen molar-refractivity contribution in [3.05, 3.63) is 64.4 Å². The summed E-state index contributed by atoms with van der Waals surface area (Å²) >= 11 is 5.71. The van der Waals surface area contributed by atoms with E-state index in [1.807, 2.05) is 0 Å². The molecule has 0 N–H and O–H groups in total. The average molecular weight is 358 g/mol. The van der Waals surface area contributed by atoms with Crippen LogP contribution < -0.4 is 0 Å². The molecule has 0 bridgehead atoms. The molecule has 0 atom stereocenters. The normalized spacial score (nSPS) is 11.6. The molecule has 0 fully saturated rings. The van der Waals surface area contributed by atoms with Gasteiger partial charge in [0.25, 0.3) is 5.91 Å². The third kappa shape index (κ3) is 4.24. The number of benzene rings is 1. The first kappa shape index (κ1) is 18.2. The third-order valence-corrected chi connectivity index (χ3v) is 3.52. The number of pyridine rings is 1. The Labute approximate surface area is 142 Å². The van der Waals surface area contributed by atoms with Crippen molar-refractivity contribution in [1.82, 2.24) is 15.0 Å².